The standard InChI is InChI=1S/C11H13BrN2O3S/c12-8-2-9(18-6-8)3-13-11(17)14-4-7(5-14)1-10(15)16/h2,6-7H,1,3-5H2,(H,13,17)(H,15,16). The Hall–Kier alpha value is -1.08. The summed E-state index contributed by atoms with van der Waals surface area (Å²) >= 11 is 4.94. The number of thiophene rings is 1. The lowest BCUT2D eigenvalue weighted by molar-refractivity contribution is -0.139. The van der Waals surface area contributed by atoms with Crippen molar-refractivity contribution in [2.24, 2.45) is 5.92 Å². The van der Waals surface area contributed by atoms with Gasteiger partial charge >= 0.3 is 12.0 Å². The maximum atomic E-state index is 11.7. The number of urea groups is 1. The molecule has 2 amide bonds. The molecule has 0 atom stereocenters. The summed E-state index contributed by atoms with van der Waals surface area (Å²) in [6, 6.07) is 1.84. The number of likely N-dealkylation sites (tertiary alicyclic amines) is 1. The van der Waals surface area contributed by atoms with E-state index in [0.29, 0.717) is 19.6 Å². The van der Waals surface area contributed by atoms with Crippen LogP contribution in [0, 0.1) is 5.92 Å². The highest BCUT2D eigenvalue weighted by molar-refractivity contribution is 9.10. The summed E-state index contributed by atoms with van der Waals surface area (Å²) in [4.78, 5) is 24.9. The predicted molar refractivity (Wildman–Crippen MR) is 71.6 cm³/mol. The second kappa shape index (κ2) is 5.71. The summed E-state index contributed by atoms with van der Waals surface area (Å²) in [6.07, 6.45) is 0.141. The number of carboxylic acid groups (broad SMARTS) is 1. The summed E-state index contributed by atoms with van der Waals surface area (Å²) in [5.74, 6) is -0.701. The number of nitrogens with zero attached hydrogens (tertiary/aromatic N) is 1. The molecule has 0 radical (unpaired) electrons. The van der Waals surface area contributed by atoms with Crippen molar-refractivity contribution in [1.82, 2.24) is 10.2 Å². The number of hydrogen-bond acceptors (Lipinski definition) is 3. The van der Waals surface area contributed by atoms with Crippen LogP contribution in [0.15, 0.2) is 15.9 Å². The van der Waals surface area contributed by atoms with Crippen LogP contribution in [0.3, 0.4) is 0 Å². The third-order valence-electron chi connectivity index (χ3n) is 2.74. The van der Waals surface area contributed by atoms with Crippen LogP contribution in [0.4, 0.5) is 4.79 Å². The summed E-state index contributed by atoms with van der Waals surface area (Å²) in [5, 5.41) is 13.4. The molecule has 1 saturated heterocycles. The van der Waals surface area contributed by atoms with E-state index >= 15 is 0 Å². The molecule has 1 aromatic heterocycles. The Morgan fingerprint density at radius 3 is 2.83 bits per heavy atom. The fourth-order valence-electron chi connectivity index (χ4n) is 1.83. The van der Waals surface area contributed by atoms with Gasteiger partial charge < -0.3 is 15.3 Å². The third-order valence-corrected chi connectivity index (χ3v) is 4.44. The fourth-order valence-corrected chi connectivity index (χ4v) is 3.22. The first kappa shape index (κ1) is 13.4. The zero-order chi connectivity index (χ0) is 13.1. The van der Waals surface area contributed by atoms with E-state index in [-0.39, 0.29) is 18.4 Å². The highest BCUT2D eigenvalue weighted by Crippen LogP contribution is 2.21. The molecule has 2 N–H and O–H groups in total. The molecule has 7 heteroatoms. The van der Waals surface area contributed by atoms with Crippen molar-refractivity contribution in [3.05, 3.63) is 20.8 Å². The van der Waals surface area contributed by atoms with E-state index in [2.05, 4.69) is 21.2 Å². The van der Waals surface area contributed by atoms with Crippen molar-refractivity contribution in [2.75, 3.05) is 13.1 Å². The monoisotopic (exact) mass is 332 g/mol. The molecule has 1 aromatic rings. The van der Waals surface area contributed by atoms with E-state index in [9.17, 15) is 9.59 Å². The number of amides is 2. The van der Waals surface area contributed by atoms with Gasteiger partial charge in [-0.3, -0.25) is 4.79 Å². The van der Waals surface area contributed by atoms with Gasteiger partial charge in [-0.15, -0.1) is 11.3 Å². The lowest BCUT2D eigenvalue weighted by Crippen LogP contribution is -2.54. The van der Waals surface area contributed by atoms with Gasteiger partial charge in [0.25, 0.3) is 0 Å². The normalized spacial score (nSPS) is 15.3. The first-order valence-corrected chi connectivity index (χ1v) is 7.19. The number of hydrogen-bond donors (Lipinski definition) is 2. The number of rotatable bonds is 4. The summed E-state index contributed by atoms with van der Waals surface area (Å²) in [6.45, 7) is 1.58. The molecule has 1 fully saturated rings. The average Bonchev–Trinajstić information content (AvgIpc) is 2.65. The van der Waals surface area contributed by atoms with Gasteiger partial charge in [0.15, 0.2) is 0 Å². The van der Waals surface area contributed by atoms with Crippen LogP contribution in [0.25, 0.3) is 0 Å². The van der Waals surface area contributed by atoms with E-state index in [4.69, 9.17) is 5.11 Å². The van der Waals surface area contributed by atoms with Crippen LogP contribution in [0.5, 0.6) is 0 Å². The minimum atomic E-state index is -0.802. The quantitative estimate of drug-likeness (QED) is 0.887. The average molecular weight is 333 g/mol. The predicted octanol–water partition coefficient (Wildman–Crippen LogP) is 2.13. The number of carbonyl (C=O) groups excluding carboxylic acids is 1. The number of halogens is 1. The molecular weight excluding hydrogens is 320 g/mol. The zero-order valence-corrected chi connectivity index (χ0v) is 12.0. The molecule has 0 spiro atoms. The molecule has 98 valence electrons. The van der Waals surface area contributed by atoms with Crippen molar-refractivity contribution in [3.63, 3.8) is 0 Å². The van der Waals surface area contributed by atoms with Crippen LogP contribution >= 0.6 is 27.3 Å². The van der Waals surface area contributed by atoms with Gasteiger partial charge in [0.1, 0.15) is 0 Å². The van der Waals surface area contributed by atoms with Crippen LogP contribution in [-0.2, 0) is 11.3 Å². The van der Waals surface area contributed by atoms with Gasteiger partial charge in [0.2, 0.25) is 0 Å². The van der Waals surface area contributed by atoms with E-state index in [1.54, 1.807) is 16.2 Å². The molecule has 0 aromatic carbocycles. The Kier molecular flexibility index (Phi) is 4.23. The van der Waals surface area contributed by atoms with Gasteiger partial charge in [0, 0.05) is 33.7 Å². The number of carboxylic acids is 1. The lowest BCUT2D eigenvalue weighted by Gasteiger charge is -2.38. The molecule has 0 saturated carbocycles. The van der Waals surface area contributed by atoms with Gasteiger partial charge in [-0.2, -0.15) is 0 Å². The Labute approximate surface area is 117 Å². The largest absolute Gasteiger partial charge is 0.481 e. The minimum absolute atomic E-state index is 0.101. The summed E-state index contributed by atoms with van der Waals surface area (Å²) < 4.78 is 1.02. The van der Waals surface area contributed by atoms with E-state index in [1.165, 1.54) is 0 Å². The third kappa shape index (κ3) is 3.46. The van der Waals surface area contributed by atoms with Crippen molar-refractivity contribution < 1.29 is 14.7 Å². The van der Waals surface area contributed by atoms with Crippen molar-refractivity contribution >= 4 is 39.3 Å². The number of nitrogens with one attached hydrogen (secondary N) is 1. The zero-order valence-electron chi connectivity index (χ0n) is 9.56. The number of aliphatic carboxylic acids is 1. The fraction of sp³-hybridized carbons (Fsp3) is 0.455. The van der Waals surface area contributed by atoms with Crippen LogP contribution in [-0.4, -0.2) is 35.1 Å². The van der Waals surface area contributed by atoms with Gasteiger partial charge in [0.05, 0.1) is 13.0 Å². The Bertz CT molecular complexity index is 457. The van der Waals surface area contributed by atoms with Crippen LogP contribution < -0.4 is 5.32 Å². The molecule has 1 aliphatic rings. The molecule has 5 nitrogen and oxygen atoms in total. The van der Waals surface area contributed by atoms with E-state index in [0.717, 1.165) is 9.35 Å². The molecule has 2 heterocycles. The lowest BCUT2D eigenvalue weighted by atomic mass is 9.97. The summed E-state index contributed by atoms with van der Waals surface area (Å²) in [5.41, 5.74) is 0. The van der Waals surface area contributed by atoms with Gasteiger partial charge in [-0.25, -0.2) is 4.79 Å². The highest BCUT2D eigenvalue weighted by atomic mass is 79.9. The first-order chi connectivity index (χ1) is 8.54. The maximum absolute atomic E-state index is 11.7. The maximum Gasteiger partial charge on any atom is 0.317 e. The highest BCUT2D eigenvalue weighted by Gasteiger charge is 2.31. The number of carbonyl (C=O) groups is 2. The van der Waals surface area contributed by atoms with Crippen molar-refractivity contribution in [3.8, 4) is 0 Å². The Balaban J connectivity index is 1.69. The SMILES string of the molecule is O=C(O)CC1CN(C(=O)NCc2cc(Br)cs2)C1. The second-order valence-corrected chi connectivity index (χ2v) is 6.17. The first-order valence-electron chi connectivity index (χ1n) is 5.52. The molecule has 0 bridgehead atoms. The Morgan fingerprint density at radius 2 is 2.28 bits per heavy atom. The molecule has 0 aliphatic carbocycles. The van der Waals surface area contributed by atoms with Gasteiger partial charge in [-0.1, -0.05) is 0 Å². The molecule has 2 rings (SSSR count). The smallest absolute Gasteiger partial charge is 0.317 e. The second-order valence-electron chi connectivity index (χ2n) is 4.26. The van der Waals surface area contributed by atoms with Crippen molar-refractivity contribution in [2.45, 2.75) is 13.0 Å². The topological polar surface area (TPSA) is 69.6 Å². The molecule has 1 aliphatic heterocycles. The molecular formula is C11H13BrN2O3S. The van der Waals surface area contributed by atoms with Crippen LogP contribution in [0.1, 0.15) is 11.3 Å². The molecule has 18 heavy (non-hydrogen) atoms. The minimum Gasteiger partial charge on any atom is -0.481 e. The van der Waals surface area contributed by atoms with Crippen LogP contribution in [0.2, 0.25) is 0 Å². The van der Waals surface area contributed by atoms with E-state index < -0.39 is 5.97 Å². The Morgan fingerprint density at radius 1 is 1.56 bits per heavy atom. The van der Waals surface area contributed by atoms with Gasteiger partial charge in [-0.05, 0) is 22.0 Å². The molecule has 0 unspecified atom stereocenters. The van der Waals surface area contributed by atoms with Crippen molar-refractivity contribution in [1.29, 1.82) is 0 Å². The van der Waals surface area contributed by atoms with E-state index in [1.807, 2.05) is 11.4 Å². The summed E-state index contributed by atoms with van der Waals surface area (Å²) in [7, 11) is 0.